The van der Waals surface area contributed by atoms with Crippen molar-refractivity contribution >= 4 is 5.91 Å². The highest BCUT2D eigenvalue weighted by Crippen LogP contribution is 2.29. The van der Waals surface area contributed by atoms with Crippen molar-refractivity contribution in [1.29, 1.82) is 0 Å². The van der Waals surface area contributed by atoms with Crippen molar-refractivity contribution in [3.8, 4) is 11.5 Å². The van der Waals surface area contributed by atoms with Crippen molar-refractivity contribution < 1.29 is 19.2 Å². The highest BCUT2D eigenvalue weighted by molar-refractivity contribution is 5.79. The summed E-state index contributed by atoms with van der Waals surface area (Å²) < 4.78 is 10.6. The Balaban J connectivity index is 2.95. The number of amides is 1. The molecule has 0 saturated carbocycles. The van der Waals surface area contributed by atoms with E-state index in [0.29, 0.717) is 5.75 Å². The van der Waals surface area contributed by atoms with E-state index >= 15 is 0 Å². The lowest BCUT2D eigenvalue weighted by Gasteiger charge is -2.22. The Morgan fingerprint density at radius 1 is 1.30 bits per heavy atom. The topological polar surface area (TPSA) is 52.0 Å². The van der Waals surface area contributed by atoms with Crippen molar-refractivity contribution in [1.82, 2.24) is 5.32 Å². The summed E-state index contributed by atoms with van der Waals surface area (Å²) in [7, 11) is 6.92. The molecule has 1 rings (SSSR count). The van der Waals surface area contributed by atoms with Gasteiger partial charge in [0.2, 0.25) is 0 Å². The van der Waals surface area contributed by atoms with E-state index < -0.39 is 0 Å². The van der Waals surface area contributed by atoms with Crippen molar-refractivity contribution in [2.45, 2.75) is 26.4 Å². The van der Waals surface area contributed by atoms with Gasteiger partial charge in [0.1, 0.15) is 6.54 Å². The van der Waals surface area contributed by atoms with Crippen LogP contribution in [-0.4, -0.2) is 40.3 Å². The SMILES string of the molecule is CNC(=O)[C@H](C)[NH+](C)Cc1cc(OC)c(OC)cc1C. The van der Waals surface area contributed by atoms with E-state index in [0.717, 1.165) is 28.3 Å². The van der Waals surface area contributed by atoms with Gasteiger partial charge < -0.3 is 19.7 Å². The second-order valence-electron chi connectivity index (χ2n) is 4.99. The molecule has 1 aromatic carbocycles. The van der Waals surface area contributed by atoms with E-state index in [4.69, 9.17) is 9.47 Å². The van der Waals surface area contributed by atoms with Crippen LogP contribution in [0.2, 0.25) is 0 Å². The number of methoxy groups -OCH3 is 2. The minimum Gasteiger partial charge on any atom is -0.493 e. The molecule has 5 heteroatoms. The van der Waals surface area contributed by atoms with E-state index in [1.54, 1.807) is 21.3 Å². The molecule has 1 aromatic rings. The molecule has 0 aromatic heterocycles. The molecular weight excluding hydrogens is 256 g/mol. The first kappa shape index (κ1) is 16.3. The van der Waals surface area contributed by atoms with Gasteiger partial charge in [0, 0.05) is 12.6 Å². The molecule has 0 radical (unpaired) electrons. The van der Waals surface area contributed by atoms with Gasteiger partial charge >= 0.3 is 0 Å². The van der Waals surface area contributed by atoms with Gasteiger partial charge in [0.05, 0.1) is 21.3 Å². The Bertz CT molecular complexity index is 474. The van der Waals surface area contributed by atoms with Crippen molar-refractivity contribution in [3.05, 3.63) is 23.3 Å². The second-order valence-corrected chi connectivity index (χ2v) is 4.99. The lowest BCUT2D eigenvalue weighted by Crippen LogP contribution is -3.12. The van der Waals surface area contributed by atoms with Crippen LogP contribution in [0.1, 0.15) is 18.1 Å². The summed E-state index contributed by atoms with van der Waals surface area (Å²) in [5, 5.41) is 2.68. The van der Waals surface area contributed by atoms with Crippen LogP contribution in [0.25, 0.3) is 0 Å². The van der Waals surface area contributed by atoms with Crippen LogP contribution in [0.4, 0.5) is 0 Å². The van der Waals surface area contributed by atoms with Crippen LogP contribution in [0.3, 0.4) is 0 Å². The Morgan fingerprint density at radius 3 is 2.35 bits per heavy atom. The number of benzene rings is 1. The fraction of sp³-hybridized carbons (Fsp3) is 0.533. The van der Waals surface area contributed by atoms with Gasteiger partial charge in [-0.1, -0.05) is 0 Å². The largest absolute Gasteiger partial charge is 0.493 e. The first-order valence-electron chi connectivity index (χ1n) is 6.70. The molecule has 0 saturated heterocycles. The number of hydrogen-bond acceptors (Lipinski definition) is 3. The van der Waals surface area contributed by atoms with Gasteiger partial charge in [-0.2, -0.15) is 0 Å². The summed E-state index contributed by atoms with van der Waals surface area (Å²) in [6.07, 6.45) is 0. The van der Waals surface area contributed by atoms with Crippen LogP contribution in [0.5, 0.6) is 11.5 Å². The molecule has 0 aliphatic carbocycles. The predicted octanol–water partition coefficient (Wildman–Crippen LogP) is 0.161. The number of quaternary nitrogens is 1. The Kier molecular flexibility index (Phi) is 5.82. The molecule has 0 fully saturated rings. The molecule has 1 amide bonds. The summed E-state index contributed by atoms with van der Waals surface area (Å²) in [5.41, 5.74) is 2.28. The molecule has 2 N–H and O–H groups in total. The van der Waals surface area contributed by atoms with E-state index in [1.807, 2.05) is 33.0 Å². The Hall–Kier alpha value is -1.75. The first-order valence-corrected chi connectivity index (χ1v) is 6.70. The lowest BCUT2D eigenvalue weighted by atomic mass is 10.1. The van der Waals surface area contributed by atoms with Crippen molar-refractivity contribution in [2.24, 2.45) is 0 Å². The van der Waals surface area contributed by atoms with E-state index in [2.05, 4.69) is 5.32 Å². The maximum Gasteiger partial charge on any atom is 0.277 e. The highest BCUT2D eigenvalue weighted by atomic mass is 16.5. The minimum absolute atomic E-state index is 0.0422. The smallest absolute Gasteiger partial charge is 0.277 e. The number of hydrogen-bond donors (Lipinski definition) is 2. The highest BCUT2D eigenvalue weighted by Gasteiger charge is 2.21. The molecule has 2 atom stereocenters. The molecule has 0 bridgehead atoms. The summed E-state index contributed by atoms with van der Waals surface area (Å²) >= 11 is 0. The molecule has 0 spiro atoms. The lowest BCUT2D eigenvalue weighted by molar-refractivity contribution is -0.908. The minimum atomic E-state index is -0.104. The third kappa shape index (κ3) is 3.63. The van der Waals surface area contributed by atoms with Crippen molar-refractivity contribution in [2.75, 3.05) is 28.3 Å². The Labute approximate surface area is 120 Å². The van der Waals surface area contributed by atoms with Crippen LogP contribution in [-0.2, 0) is 11.3 Å². The molecule has 20 heavy (non-hydrogen) atoms. The van der Waals surface area contributed by atoms with E-state index in [-0.39, 0.29) is 11.9 Å². The summed E-state index contributed by atoms with van der Waals surface area (Å²) in [4.78, 5) is 12.8. The number of carbonyl (C=O) groups excluding carboxylic acids is 1. The molecule has 0 aliphatic heterocycles. The number of likely N-dealkylation sites (N-methyl/N-ethyl adjacent to an activating group) is 2. The fourth-order valence-electron chi connectivity index (χ4n) is 2.11. The van der Waals surface area contributed by atoms with Crippen molar-refractivity contribution in [3.63, 3.8) is 0 Å². The molecule has 0 heterocycles. The summed E-state index contributed by atoms with van der Waals surface area (Å²) in [6.45, 7) is 4.71. The summed E-state index contributed by atoms with van der Waals surface area (Å²) in [6, 6.07) is 3.84. The van der Waals surface area contributed by atoms with Gasteiger partial charge in [-0.25, -0.2) is 0 Å². The maximum absolute atomic E-state index is 11.7. The average Bonchev–Trinajstić information content (AvgIpc) is 2.46. The normalized spacial score (nSPS) is 13.5. The van der Waals surface area contributed by atoms with Gasteiger partial charge in [-0.3, -0.25) is 4.79 Å². The maximum atomic E-state index is 11.7. The molecule has 112 valence electrons. The van der Waals surface area contributed by atoms with Crippen LogP contribution in [0.15, 0.2) is 12.1 Å². The number of ether oxygens (including phenoxy) is 2. The van der Waals surface area contributed by atoms with Crippen LogP contribution < -0.4 is 19.7 Å². The monoisotopic (exact) mass is 281 g/mol. The fourth-order valence-corrected chi connectivity index (χ4v) is 2.11. The standard InChI is InChI=1S/C15H24N2O3/c1-10-7-13(19-5)14(20-6)8-12(10)9-17(4)11(2)15(18)16-3/h7-8,11H,9H2,1-6H3,(H,16,18)/p+1/t11-/m0/s1. The second kappa shape index (κ2) is 7.14. The quantitative estimate of drug-likeness (QED) is 0.781. The van der Waals surface area contributed by atoms with Crippen LogP contribution in [0, 0.1) is 6.92 Å². The zero-order valence-corrected chi connectivity index (χ0v) is 13.2. The molecular formula is C15H25N2O3+. The van der Waals surface area contributed by atoms with Gasteiger partial charge in [0.15, 0.2) is 17.5 Å². The number of aryl methyl sites for hydroxylation is 1. The first-order chi connectivity index (χ1) is 9.44. The number of rotatable bonds is 6. The predicted molar refractivity (Wildman–Crippen MR) is 78.4 cm³/mol. The van der Waals surface area contributed by atoms with Gasteiger partial charge in [-0.05, 0) is 31.5 Å². The Morgan fingerprint density at radius 2 is 1.85 bits per heavy atom. The third-order valence-corrected chi connectivity index (χ3v) is 3.69. The van der Waals surface area contributed by atoms with E-state index in [1.165, 1.54) is 0 Å². The summed E-state index contributed by atoms with van der Waals surface area (Å²) in [5.74, 6) is 1.49. The van der Waals surface area contributed by atoms with Gasteiger partial charge in [-0.15, -0.1) is 0 Å². The zero-order chi connectivity index (χ0) is 15.3. The molecule has 0 aliphatic rings. The molecule has 1 unspecified atom stereocenters. The average molecular weight is 281 g/mol. The number of nitrogens with one attached hydrogen (secondary N) is 2. The number of carbonyl (C=O) groups is 1. The van der Waals surface area contributed by atoms with Crippen LogP contribution >= 0.6 is 0 Å². The van der Waals surface area contributed by atoms with E-state index in [9.17, 15) is 4.79 Å². The third-order valence-electron chi connectivity index (χ3n) is 3.69. The van der Waals surface area contributed by atoms with Gasteiger partial charge in [0.25, 0.3) is 5.91 Å². The zero-order valence-electron chi connectivity index (χ0n) is 13.2. The molecule has 5 nitrogen and oxygen atoms in total.